The second-order valence-corrected chi connectivity index (χ2v) is 15.5. The fraction of sp³-hybridized carbons (Fsp3) is 0.486. The SMILES string of the molecule is CC(C)(C)OC(=O)N[C@@H](Cc1cccnc1)C(=O)Nc1cccc(-c2ccc([C@@]3(CC(=O)NOC4CCCCO4)CCCCS3)s2)c1. The zero-order valence-electron chi connectivity index (χ0n) is 27.2. The molecule has 5 rings (SSSR count). The predicted octanol–water partition coefficient (Wildman–Crippen LogP) is 6.96. The molecule has 3 amide bonds. The Bertz CT molecular complexity index is 1500. The summed E-state index contributed by atoms with van der Waals surface area (Å²) in [6.07, 6.45) is 8.76. The van der Waals surface area contributed by atoms with Gasteiger partial charge in [-0.15, -0.1) is 23.1 Å². The smallest absolute Gasteiger partial charge is 0.408 e. The van der Waals surface area contributed by atoms with Crippen LogP contribution in [-0.4, -0.2) is 53.2 Å². The third-order valence-electron chi connectivity index (χ3n) is 7.88. The number of alkyl carbamates (subject to hydrolysis) is 1. The summed E-state index contributed by atoms with van der Waals surface area (Å²) >= 11 is 3.51. The number of amides is 3. The summed E-state index contributed by atoms with van der Waals surface area (Å²) in [5.74, 6) is 0.480. The fourth-order valence-electron chi connectivity index (χ4n) is 5.64. The Morgan fingerprint density at radius 1 is 1.09 bits per heavy atom. The summed E-state index contributed by atoms with van der Waals surface area (Å²) in [5.41, 5.74) is 4.31. The second-order valence-electron chi connectivity index (χ2n) is 12.9. The zero-order chi connectivity index (χ0) is 33.3. The first-order valence-corrected chi connectivity index (χ1v) is 18.0. The van der Waals surface area contributed by atoms with E-state index in [0.29, 0.717) is 18.7 Å². The van der Waals surface area contributed by atoms with E-state index in [0.717, 1.165) is 65.2 Å². The summed E-state index contributed by atoms with van der Waals surface area (Å²) in [6, 6.07) is 14.6. The van der Waals surface area contributed by atoms with Crippen molar-refractivity contribution in [3.8, 4) is 10.4 Å². The summed E-state index contributed by atoms with van der Waals surface area (Å²) in [7, 11) is 0. The highest BCUT2D eigenvalue weighted by atomic mass is 32.2. The summed E-state index contributed by atoms with van der Waals surface area (Å²) in [6.45, 7) is 5.97. The number of thioether (sulfide) groups is 1. The minimum Gasteiger partial charge on any atom is -0.444 e. The Morgan fingerprint density at radius 3 is 2.68 bits per heavy atom. The number of ether oxygens (including phenoxy) is 2. The predicted molar refractivity (Wildman–Crippen MR) is 185 cm³/mol. The lowest BCUT2D eigenvalue weighted by Gasteiger charge is -2.35. The monoisotopic (exact) mass is 680 g/mol. The van der Waals surface area contributed by atoms with Crippen LogP contribution in [0.2, 0.25) is 0 Å². The molecule has 2 aliphatic rings. The van der Waals surface area contributed by atoms with E-state index in [1.54, 1.807) is 50.6 Å². The number of carbonyl (C=O) groups is 3. The van der Waals surface area contributed by atoms with E-state index in [1.165, 1.54) is 0 Å². The fourth-order valence-corrected chi connectivity index (χ4v) is 8.52. The highest BCUT2D eigenvalue weighted by Gasteiger charge is 2.38. The molecule has 0 spiro atoms. The van der Waals surface area contributed by atoms with Crippen LogP contribution >= 0.6 is 23.1 Å². The van der Waals surface area contributed by atoms with Crippen molar-refractivity contribution in [1.82, 2.24) is 15.8 Å². The number of aromatic nitrogens is 1. The molecule has 0 aliphatic carbocycles. The van der Waals surface area contributed by atoms with Gasteiger partial charge in [-0.05, 0) is 93.7 Å². The van der Waals surface area contributed by atoms with E-state index in [4.69, 9.17) is 14.3 Å². The molecule has 3 N–H and O–H groups in total. The van der Waals surface area contributed by atoms with Crippen molar-refractivity contribution in [3.63, 3.8) is 0 Å². The molecule has 2 saturated heterocycles. The maximum absolute atomic E-state index is 13.5. The van der Waals surface area contributed by atoms with E-state index >= 15 is 0 Å². The molecule has 0 bridgehead atoms. The molecule has 4 heterocycles. The molecule has 3 atom stereocenters. The standard InChI is InChI=1S/C35H44N4O6S2/c1-34(2,3)44-33(42)38-27(20-24-10-9-17-36-23-24)32(41)37-26-12-8-11-25(21-26)28-14-15-29(47-28)35(16-5-7-19-46-35)22-30(40)39-45-31-13-4-6-18-43-31/h8-12,14-15,17,21,23,27,31H,4-7,13,16,18-20,22H2,1-3H3,(H,37,41)(H,38,42)(H,39,40)/t27-,31?,35-/m0/s1. The van der Waals surface area contributed by atoms with Gasteiger partial charge in [0.05, 0.1) is 4.75 Å². The van der Waals surface area contributed by atoms with Crippen molar-refractivity contribution in [3.05, 3.63) is 71.4 Å². The zero-order valence-corrected chi connectivity index (χ0v) is 28.8. The quantitative estimate of drug-likeness (QED) is 0.186. The van der Waals surface area contributed by atoms with Gasteiger partial charge in [0, 0.05) is 53.7 Å². The molecular weight excluding hydrogens is 637 g/mol. The van der Waals surface area contributed by atoms with Crippen LogP contribution in [0.25, 0.3) is 10.4 Å². The molecule has 0 radical (unpaired) electrons. The largest absolute Gasteiger partial charge is 0.444 e. The minimum atomic E-state index is -0.881. The van der Waals surface area contributed by atoms with Crippen LogP contribution in [0.3, 0.4) is 0 Å². The number of hydrogen-bond acceptors (Lipinski definition) is 9. The Hall–Kier alpha value is -3.45. The molecule has 2 aliphatic heterocycles. The van der Waals surface area contributed by atoms with Crippen molar-refractivity contribution in [1.29, 1.82) is 0 Å². The Labute approximate surface area is 284 Å². The van der Waals surface area contributed by atoms with Crippen LogP contribution < -0.4 is 16.1 Å². The van der Waals surface area contributed by atoms with Crippen molar-refractivity contribution in [2.75, 3.05) is 17.7 Å². The molecule has 2 fully saturated rings. The van der Waals surface area contributed by atoms with Gasteiger partial charge >= 0.3 is 6.09 Å². The Morgan fingerprint density at radius 2 is 1.96 bits per heavy atom. The van der Waals surface area contributed by atoms with E-state index < -0.39 is 17.7 Å². The highest BCUT2D eigenvalue weighted by molar-refractivity contribution is 8.00. The first kappa shape index (κ1) is 34.9. The molecule has 10 nitrogen and oxygen atoms in total. The minimum absolute atomic E-state index is 0.144. The van der Waals surface area contributed by atoms with Crippen LogP contribution in [0.1, 0.15) is 76.2 Å². The Balaban J connectivity index is 1.28. The first-order chi connectivity index (χ1) is 22.6. The van der Waals surface area contributed by atoms with Gasteiger partial charge in [-0.3, -0.25) is 14.6 Å². The molecule has 3 aromatic rings. The number of rotatable bonds is 11. The van der Waals surface area contributed by atoms with Crippen molar-refractivity contribution in [2.45, 2.75) is 94.8 Å². The number of anilines is 1. The number of nitrogens with one attached hydrogen (secondary N) is 3. The maximum Gasteiger partial charge on any atom is 0.408 e. The molecule has 47 heavy (non-hydrogen) atoms. The number of hydrogen-bond donors (Lipinski definition) is 3. The number of hydroxylamine groups is 1. The molecule has 12 heteroatoms. The van der Waals surface area contributed by atoms with E-state index in [-0.39, 0.29) is 29.3 Å². The van der Waals surface area contributed by atoms with Gasteiger partial charge in [-0.2, -0.15) is 0 Å². The highest BCUT2D eigenvalue weighted by Crippen LogP contribution is 2.51. The maximum atomic E-state index is 13.5. The van der Waals surface area contributed by atoms with Crippen LogP contribution in [0.15, 0.2) is 60.9 Å². The molecule has 2 aromatic heterocycles. The third-order valence-corrected chi connectivity index (χ3v) is 11.0. The second kappa shape index (κ2) is 16.1. The number of nitrogens with zero attached hydrogens (tertiary/aromatic N) is 1. The number of pyridine rings is 1. The number of thiophene rings is 1. The van der Waals surface area contributed by atoms with Crippen LogP contribution in [0.4, 0.5) is 10.5 Å². The van der Waals surface area contributed by atoms with E-state index in [9.17, 15) is 14.4 Å². The molecular formula is C35H44N4O6S2. The number of benzene rings is 1. The third kappa shape index (κ3) is 10.3. The lowest BCUT2D eigenvalue weighted by Crippen LogP contribution is -2.47. The lowest BCUT2D eigenvalue weighted by molar-refractivity contribution is -0.200. The molecule has 1 aromatic carbocycles. The molecule has 1 unspecified atom stereocenters. The van der Waals surface area contributed by atoms with Gasteiger partial charge in [-0.1, -0.05) is 24.6 Å². The van der Waals surface area contributed by atoms with E-state index in [1.807, 2.05) is 42.1 Å². The van der Waals surface area contributed by atoms with Crippen LogP contribution in [0.5, 0.6) is 0 Å². The summed E-state index contributed by atoms with van der Waals surface area (Å²) < 4.78 is 10.7. The van der Waals surface area contributed by atoms with Gasteiger partial charge in [0.1, 0.15) is 11.6 Å². The summed E-state index contributed by atoms with van der Waals surface area (Å²) in [5, 5.41) is 5.70. The summed E-state index contributed by atoms with van der Waals surface area (Å²) in [4.78, 5) is 51.1. The topological polar surface area (TPSA) is 128 Å². The number of carbonyl (C=O) groups excluding carboxylic acids is 3. The van der Waals surface area contributed by atoms with Crippen LogP contribution in [0, 0.1) is 0 Å². The average Bonchev–Trinajstić information content (AvgIpc) is 3.56. The first-order valence-electron chi connectivity index (χ1n) is 16.2. The lowest BCUT2D eigenvalue weighted by atomic mass is 9.94. The van der Waals surface area contributed by atoms with E-state index in [2.05, 4.69) is 33.2 Å². The molecule has 0 saturated carbocycles. The molecule has 252 valence electrons. The van der Waals surface area contributed by atoms with Gasteiger partial charge in [0.15, 0.2) is 6.29 Å². The Kier molecular flexibility index (Phi) is 11.9. The van der Waals surface area contributed by atoms with Crippen molar-refractivity contribution < 1.29 is 28.7 Å². The normalized spacial score (nSPS) is 20.5. The van der Waals surface area contributed by atoms with Gasteiger partial charge in [0.2, 0.25) is 11.8 Å². The van der Waals surface area contributed by atoms with Gasteiger partial charge in [-0.25, -0.2) is 15.1 Å². The van der Waals surface area contributed by atoms with Gasteiger partial charge < -0.3 is 20.1 Å². The van der Waals surface area contributed by atoms with Crippen molar-refractivity contribution >= 4 is 46.7 Å². The van der Waals surface area contributed by atoms with Crippen LogP contribution in [-0.2, 0) is 35.1 Å². The average molecular weight is 681 g/mol. The van der Waals surface area contributed by atoms with Gasteiger partial charge in [0.25, 0.3) is 0 Å². The van der Waals surface area contributed by atoms with Crippen molar-refractivity contribution in [2.24, 2.45) is 0 Å².